The topological polar surface area (TPSA) is 87.8 Å². The Kier molecular flexibility index (Phi) is 2.93. The zero-order valence-corrected chi connectivity index (χ0v) is 10.4. The number of nitrogens with one attached hydrogen (secondary N) is 1. The van der Waals surface area contributed by atoms with Crippen LogP contribution in [0.15, 0.2) is 17.3 Å². The summed E-state index contributed by atoms with van der Waals surface area (Å²) < 4.78 is 28.0. The van der Waals surface area contributed by atoms with Gasteiger partial charge in [-0.3, -0.25) is 4.68 Å². The number of nitrogens with zero attached hydrogens (tertiary/aromatic N) is 3. The zero-order valence-electron chi connectivity index (χ0n) is 9.55. The van der Waals surface area contributed by atoms with Crippen molar-refractivity contribution in [2.45, 2.75) is 36.2 Å². The van der Waals surface area contributed by atoms with Gasteiger partial charge in [0, 0.05) is 7.05 Å². The van der Waals surface area contributed by atoms with Crippen molar-refractivity contribution < 1.29 is 8.42 Å². The highest BCUT2D eigenvalue weighted by atomic mass is 32.2. The van der Waals surface area contributed by atoms with Crippen molar-refractivity contribution in [3.05, 3.63) is 12.3 Å². The van der Waals surface area contributed by atoms with Crippen LogP contribution in [0.4, 0.5) is 0 Å². The summed E-state index contributed by atoms with van der Waals surface area (Å²) >= 11 is 0. The second kappa shape index (κ2) is 4.13. The Hall–Kier alpha value is -1.39. The van der Waals surface area contributed by atoms with Gasteiger partial charge in [-0.15, -0.1) is 0 Å². The molecular formula is C10H14N4O2S. The van der Waals surface area contributed by atoms with Crippen LogP contribution in [0.5, 0.6) is 0 Å². The highest BCUT2D eigenvalue weighted by molar-refractivity contribution is 7.89. The van der Waals surface area contributed by atoms with Crippen LogP contribution in [-0.2, 0) is 17.1 Å². The Bertz CT molecular complexity index is 549. The van der Waals surface area contributed by atoms with Crippen molar-refractivity contribution in [2.75, 3.05) is 0 Å². The lowest BCUT2D eigenvalue weighted by atomic mass is 10.0. The largest absolute Gasteiger partial charge is 0.259 e. The van der Waals surface area contributed by atoms with E-state index in [1.165, 1.54) is 16.9 Å². The van der Waals surface area contributed by atoms with Crippen LogP contribution in [0.3, 0.4) is 0 Å². The number of nitriles is 1. The molecule has 0 saturated heterocycles. The van der Waals surface area contributed by atoms with Gasteiger partial charge in [-0.2, -0.15) is 15.1 Å². The van der Waals surface area contributed by atoms with Gasteiger partial charge in [0.25, 0.3) is 10.0 Å². The molecule has 1 fully saturated rings. The van der Waals surface area contributed by atoms with E-state index < -0.39 is 15.6 Å². The van der Waals surface area contributed by atoms with Gasteiger partial charge in [-0.05, 0) is 18.9 Å². The summed E-state index contributed by atoms with van der Waals surface area (Å²) in [6.07, 6.45) is 4.31. The van der Waals surface area contributed by atoms with E-state index in [9.17, 15) is 8.42 Å². The van der Waals surface area contributed by atoms with Crippen molar-refractivity contribution in [1.29, 1.82) is 5.26 Å². The minimum absolute atomic E-state index is 0.0824. The van der Waals surface area contributed by atoms with Gasteiger partial charge in [0.05, 0.1) is 12.3 Å². The van der Waals surface area contributed by atoms with Crippen molar-refractivity contribution in [1.82, 2.24) is 14.5 Å². The molecule has 0 radical (unpaired) electrons. The second-order valence-corrected chi connectivity index (χ2v) is 5.93. The van der Waals surface area contributed by atoms with Crippen LogP contribution in [0.2, 0.25) is 0 Å². The number of aryl methyl sites for hydroxylation is 1. The lowest BCUT2D eigenvalue weighted by Gasteiger charge is -2.21. The minimum atomic E-state index is -3.67. The van der Waals surface area contributed by atoms with Gasteiger partial charge in [0.1, 0.15) is 5.54 Å². The third-order valence-corrected chi connectivity index (χ3v) is 4.66. The predicted molar refractivity (Wildman–Crippen MR) is 60.3 cm³/mol. The number of sulfonamides is 1. The molecule has 6 nitrogen and oxygen atoms in total. The van der Waals surface area contributed by atoms with E-state index in [1.54, 1.807) is 7.05 Å². The molecule has 1 N–H and O–H groups in total. The Labute approximate surface area is 100 Å². The molecule has 0 atom stereocenters. The van der Waals surface area contributed by atoms with Gasteiger partial charge in [-0.1, -0.05) is 12.8 Å². The predicted octanol–water partition coefficient (Wildman–Crippen LogP) is 0.535. The van der Waals surface area contributed by atoms with Gasteiger partial charge < -0.3 is 0 Å². The third-order valence-electron chi connectivity index (χ3n) is 3.05. The Morgan fingerprint density at radius 2 is 2.18 bits per heavy atom. The monoisotopic (exact) mass is 254 g/mol. The molecule has 1 aliphatic carbocycles. The van der Waals surface area contributed by atoms with Gasteiger partial charge in [0.2, 0.25) is 0 Å². The Morgan fingerprint density at radius 3 is 2.65 bits per heavy atom. The van der Waals surface area contributed by atoms with Crippen LogP contribution >= 0.6 is 0 Å². The SMILES string of the molecule is Cn1nccc1S(=O)(=O)NC1(C#N)CCCC1. The van der Waals surface area contributed by atoms with Crippen LogP contribution < -0.4 is 4.72 Å². The molecule has 92 valence electrons. The maximum Gasteiger partial charge on any atom is 0.259 e. The summed E-state index contributed by atoms with van der Waals surface area (Å²) in [5, 5.41) is 13.1. The average Bonchev–Trinajstić information content (AvgIpc) is 2.87. The molecule has 1 aromatic rings. The summed E-state index contributed by atoms with van der Waals surface area (Å²) in [7, 11) is -2.12. The quantitative estimate of drug-likeness (QED) is 0.852. The third kappa shape index (κ3) is 2.18. The Balaban J connectivity index is 2.30. The van der Waals surface area contributed by atoms with Crippen molar-refractivity contribution >= 4 is 10.0 Å². The zero-order chi connectivity index (χ0) is 12.5. The molecule has 0 bridgehead atoms. The van der Waals surface area contributed by atoms with Crippen LogP contribution in [-0.4, -0.2) is 23.7 Å². The summed E-state index contributed by atoms with van der Waals surface area (Å²) in [6, 6.07) is 3.51. The average molecular weight is 254 g/mol. The van der Waals surface area contributed by atoms with E-state index in [4.69, 9.17) is 5.26 Å². The molecule has 17 heavy (non-hydrogen) atoms. The van der Waals surface area contributed by atoms with Crippen LogP contribution in [0, 0.1) is 11.3 Å². The van der Waals surface area contributed by atoms with E-state index in [2.05, 4.69) is 15.9 Å². The molecule has 0 aliphatic heterocycles. The first-order chi connectivity index (χ1) is 7.99. The lowest BCUT2D eigenvalue weighted by Crippen LogP contribution is -2.45. The lowest BCUT2D eigenvalue weighted by molar-refractivity contribution is 0.479. The Morgan fingerprint density at radius 1 is 1.53 bits per heavy atom. The molecule has 7 heteroatoms. The van der Waals surface area contributed by atoms with Crippen LogP contribution in [0.25, 0.3) is 0 Å². The van der Waals surface area contributed by atoms with E-state index in [-0.39, 0.29) is 5.03 Å². The van der Waals surface area contributed by atoms with E-state index >= 15 is 0 Å². The molecule has 0 amide bonds. The number of hydrogen-bond acceptors (Lipinski definition) is 4. The summed E-state index contributed by atoms with van der Waals surface area (Å²) in [5.74, 6) is 0. The molecule has 0 aromatic carbocycles. The summed E-state index contributed by atoms with van der Waals surface area (Å²) in [6.45, 7) is 0. The molecule has 0 unspecified atom stereocenters. The maximum absolute atomic E-state index is 12.1. The minimum Gasteiger partial charge on any atom is -0.256 e. The first-order valence-electron chi connectivity index (χ1n) is 5.42. The summed E-state index contributed by atoms with van der Waals surface area (Å²) in [4.78, 5) is 0. The van der Waals surface area contributed by atoms with E-state index in [0.717, 1.165) is 12.8 Å². The van der Waals surface area contributed by atoms with Gasteiger partial charge in [-0.25, -0.2) is 8.42 Å². The van der Waals surface area contributed by atoms with Gasteiger partial charge in [0.15, 0.2) is 5.03 Å². The standard InChI is InChI=1S/C10H14N4O2S/c1-14-9(4-7-12-14)17(15,16)13-10(8-11)5-2-3-6-10/h4,7,13H,2-3,5-6H2,1H3. The first kappa shape index (κ1) is 12.1. The van der Waals surface area contributed by atoms with Crippen molar-refractivity contribution in [3.63, 3.8) is 0 Å². The fourth-order valence-corrected chi connectivity index (χ4v) is 3.65. The second-order valence-electron chi connectivity index (χ2n) is 4.30. The normalized spacial score (nSPS) is 19.1. The number of aromatic nitrogens is 2. The summed E-state index contributed by atoms with van der Waals surface area (Å²) in [5.41, 5.74) is -0.941. The van der Waals surface area contributed by atoms with Crippen molar-refractivity contribution in [3.8, 4) is 6.07 Å². The van der Waals surface area contributed by atoms with Gasteiger partial charge >= 0.3 is 0 Å². The molecule has 2 rings (SSSR count). The first-order valence-corrected chi connectivity index (χ1v) is 6.91. The molecule has 0 spiro atoms. The smallest absolute Gasteiger partial charge is 0.256 e. The molecule has 1 aromatic heterocycles. The molecular weight excluding hydrogens is 240 g/mol. The van der Waals surface area contributed by atoms with E-state index in [0.29, 0.717) is 12.8 Å². The maximum atomic E-state index is 12.1. The van der Waals surface area contributed by atoms with Crippen molar-refractivity contribution in [2.24, 2.45) is 7.05 Å². The molecule has 1 heterocycles. The van der Waals surface area contributed by atoms with E-state index in [1.807, 2.05) is 0 Å². The molecule has 1 saturated carbocycles. The number of rotatable bonds is 3. The molecule has 1 aliphatic rings. The highest BCUT2D eigenvalue weighted by Crippen LogP contribution is 2.30. The highest BCUT2D eigenvalue weighted by Gasteiger charge is 2.38. The van der Waals surface area contributed by atoms with Crippen LogP contribution in [0.1, 0.15) is 25.7 Å². The number of hydrogen-bond donors (Lipinski definition) is 1. The fourth-order valence-electron chi connectivity index (χ4n) is 2.15. The fraction of sp³-hybridized carbons (Fsp3) is 0.600.